The van der Waals surface area contributed by atoms with E-state index in [1.165, 1.54) is 4.68 Å². The number of nitrogens with one attached hydrogen (secondary N) is 1. The number of nitrogens with zero attached hydrogens (tertiary/aromatic N) is 2. The number of rotatable bonds is 8. The molecule has 0 saturated heterocycles. The molecule has 1 amide bonds. The van der Waals surface area contributed by atoms with Gasteiger partial charge in [0.15, 0.2) is 12.3 Å². The van der Waals surface area contributed by atoms with Gasteiger partial charge in [0, 0.05) is 18.5 Å². The van der Waals surface area contributed by atoms with Crippen LogP contribution in [0.2, 0.25) is 0 Å². The summed E-state index contributed by atoms with van der Waals surface area (Å²) < 4.78 is 6.45. The van der Waals surface area contributed by atoms with Crippen molar-refractivity contribution in [3.63, 3.8) is 0 Å². The Morgan fingerprint density at radius 2 is 1.70 bits per heavy atom. The topological polar surface area (TPSA) is 90.3 Å². The monoisotopic (exact) mass is 407 g/mol. The van der Waals surface area contributed by atoms with E-state index in [1.807, 2.05) is 44.2 Å². The van der Waals surface area contributed by atoms with E-state index >= 15 is 0 Å². The fraction of sp³-hybridized carbons (Fsp3) is 0.304. The second kappa shape index (κ2) is 9.82. The Morgan fingerprint density at radius 1 is 1.03 bits per heavy atom. The van der Waals surface area contributed by atoms with E-state index in [1.54, 1.807) is 24.3 Å². The van der Waals surface area contributed by atoms with Crippen molar-refractivity contribution < 1.29 is 14.3 Å². The molecule has 0 aliphatic rings. The van der Waals surface area contributed by atoms with Crippen LogP contribution in [0.5, 0.6) is 0 Å². The molecule has 1 heterocycles. The molecule has 0 bridgehead atoms. The Kier molecular flexibility index (Phi) is 6.95. The summed E-state index contributed by atoms with van der Waals surface area (Å²) in [4.78, 5) is 37.3. The lowest BCUT2D eigenvalue weighted by molar-refractivity contribution is -0.124. The molecule has 0 unspecified atom stereocenters. The number of carbonyl (C=O) groups excluding carboxylic acids is 2. The van der Waals surface area contributed by atoms with Gasteiger partial charge in [0.2, 0.25) is 0 Å². The largest absolute Gasteiger partial charge is 0.451 e. The molecule has 0 aliphatic heterocycles. The third-order valence-electron chi connectivity index (χ3n) is 4.51. The minimum atomic E-state index is -0.734. The van der Waals surface area contributed by atoms with E-state index < -0.39 is 12.6 Å². The Morgan fingerprint density at radius 3 is 2.40 bits per heavy atom. The van der Waals surface area contributed by atoms with Gasteiger partial charge in [0.25, 0.3) is 11.5 Å². The zero-order valence-electron chi connectivity index (χ0n) is 17.1. The Balaban J connectivity index is 1.66. The number of amides is 1. The second-order valence-electron chi connectivity index (χ2n) is 7.44. The van der Waals surface area contributed by atoms with Crippen molar-refractivity contribution in [3.05, 3.63) is 76.2 Å². The average Bonchev–Trinajstić information content (AvgIpc) is 2.74. The summed E-state index contributed by atoms with van der Waals surface area (Å²) in [5.74, 6) is -0.948. The SMILES string of the molecule is CC(C)Cn1nc(C(=O)OCC(=O)NCCc2ccccc2)c2ccccc2c1=O. The average molecular weight is 407 g/mol. The summed E-state index contributed by atoms with van der Waals surface area (Å²) in [6.45, 7) is 4.33. The van der Waals surface area contributed by atoms with Crippen molar-refractivity contribution in [1.29, 1.82) is 0 Å². The lowest BCUT2D eigenvalue weighted by Crippen LogP contribution is -2.32. The van der Waals surface area contributed by atoms with Gasteiger partial charge < -0.3 is 10.1 Å². The molecule has 156 valence electrons. The van der Waals surface area contributed by atoms with Crippen LogP contribution in [0, 0.1) is 5.92 Å². The Hall–Kier alpha value is -3.48. The predicted octanol–water partition coefficient (Wildman–Crippen LogP) is 2.57. The third-order valence-corrected chi connectivity index (χ3v) is 4.51. The first kappa shape index (κ1) is 21.2. The molecule has 0 radical (unpaired) electrons. The van der Waals surface area contributed by atoms with E-state index in [-0.39, 0.29) is 23.1 Å². The Labute approximate surface area is 174 Å². The van der Waals surface area contributed by atoms with Crippen LogP contribution in [0.15, 0.2) is 59.4 Å². The van der Waals surface area contributed by atoms with Crippen LogP contribution in [-0.4, -0.2) is 34.8 Å². The molecule has 0 spiro atoms. The molecule has 3 rings (SSSR count). The summed E-state index contributed by atoms with van der Waals surface area (Å²) in [6, 6.07) is 16.5. The molecule has 0 aliphatic carbocycles. The molecule has 1 aromatic heterocycles. The highest BCUT2D eigenvalue weighted by Crippen LogP contribution is 2.14. The van der Waals surface area contributed by atoms with Crippen molar-refractivity contribution in [3.8, 4) is 0 Å². The first-order valence-electron chi connectivity index (χ1n) is 9.93. The van der Waals surface area contributed by atoms with Crippen molar-refractivity contribution in [2.45, 2.75) is 26.8 Å². The fourth-order valence-corrected chi connectivity index (χ4v) is 3.10. The highest BCUT2D eigenvalue weighted by atomic mass is 16.5. The maximum Gasteiger partial charge on any atom is 0.359 e. The van der Waals surface area contributed by atoms with E-state index in [9.17, 15) is 14.4 Å². The van der Waals surface area contributed by atoms with Crippen LogP contribution in [-0.2, 0) is 22.5 Å². The molecule has 0 saturated carbocycles. The number of hydrogen-bond donors (Lipinski definition) is 1. The third kappa shape index (κ3) is 5.31. The molecule has 7 nitrogen and oxygen atoms in total. The van der Waals surface area contributed by atoms with Crippen LogP contribution < -0.4 is 10.9 Å². The van der Waals surface area contributed by atoms with E-state index in [0.717, 1.165) is 5.56 Å². The van der Waals surface area contributed by atoms with E-state index in [4.69, 9.17) is 4.74 Å². The summed E-state index contributed by atoms with van der Waals surface area (Å²) in [5.41, 5.74) is 0.885. The molecule has 7 heteroatoms. The number of esters is 1. The van der Waals surface area contributed by atoms with Gasteiger partial charge in [0.05, 0.1) is 5.39 Å². The normalized spacial score (nSPS) is 10.9. The van der Waals surface area contributed by atoms with Gasteiger partial charge in [-0.25, -0.2) is 9.48 Å². The van der Waals surface area contributed by atoms with Gasteiger partial charge in [-0.1, -0.05) is 62.4 Å². The summed E-state index contributed by atoms with van der Waals surface area (Å²) in [7, 11) is 0. The first-order valence-corrected chi connectivity index (χ1v) is 9.93. The van der Waals surface area contributed by atoms with Crippen molar-refractivity contribution in [2.75, 3.05) is 13.2 Å². The molecular weight excluding hydrogens is 382 g/mol. The zero-order chi connectivity index (χ0) is 21.5. The quantitative estimate of drug-likeness (QED) is 0.580. The van der Waals surface area contributed by atoms with Gasteiger partial charge in [-0.05, 0) is 24.0 Å². The number of benzene rings is 2. The van der Waals surface area contributed by atoms with Crippen LogP contribution >= 0.6 is 0 Å². The number of ether oxygens (including phenoxy) is 1. The maximum absolute atomic E-state index is 12.6. The molecule has 0 atom stereocenters. The highest BCUT2D eigenvalue weighted by molar-refractivity contribution is 6.02. The number of fused-ring (bicyclic) bond motifs is 1. The number of hydrogen-bond acceptors (Lipinski definition) is 5. The van der Waals surface area contributed by atoms with Gasteiger partial charge in [-0.2, -0.15) is 5.10 Å². The number of carbonyl (C=O) groups is 2. The second-order valence-corrected chi connectivity index (χ2v) is 7.44. The lowest BCUT2D eigenvalue weighted by atomic mass is 10.1. The molecule has 0 fully saturated rings. The minimum absolute atomic E-state index is 0.0305. The Bertz CT molecular complexity index is 1090. The summed E-state index contributed by atoms with van der Waals surface area (Å²) in [6.07, 6.45) is 0.687. The van der Waals surface area contributed by atoms with Crippen molar-refractivity contribution >= 4 is 22.6 Å². The molecule has 3 aromatic rings. The van der Waals surface area contributed by atoms with Gasteiger partial charge in [0.1, 0.15) is 0 Å². The zero-order valence-corrected chi connectivity index (χ0v) is 17.1. The fourth-order valence-electron chi connectivity index (χ4n) is 3.10. The van der Waals surface area contributed by atoms with Crippen LogP contribution in [0.25, 0.3) is 10.8 Å². The highest BCUT2D eigenvalue weighted by Gasteiger charge is 2.19. The minimum Gasteiger partial charge on any atom is -0.451 e. The maximum atomic E-state index is 12.6. The van der Waals surface area contributed by atoms with Gasteiger partial charge >= 0.3 is 5.97 Å². The molecule has 1 N–H and O–H groups in total. The van der Waals surface area contributed by atoms with Crippen LogP contribution in [0.3, 0.4) is 0 Å². The van der Waals surface area contributed by atoms with Gasteiger partial charge in [-0.3, -0.25) is 9.59 Å². The molecule has 2 aromatic carbocycles. The van der Waals surface area contributed by atoms with E-state index in [0.29, 0.717) is 30.3 Å². The van der Waals surface area contributed by atoms with Crippen molar-refractivity contribution in [1.82, 2.24) is 15.1 Å². The summed E-state index contributed by atoms with van der Waals surface area (Å²) in [5, 5.41) is 7.76. The standard InChI is InChI=1S/C23H25N3O4/c1-16(2)14-26-22(28)19-11-7-6-10-18(19)21(25-26)23(29)30-15-20(27)24-13-12-17-8-4-3-5-9-17/h3-11,16H,12-15H2,1-2H3,(H,24,27). The predicted molar refractivity (Wildman–Crippen MR) is 114 cm³/mol. The summed E-state index contributed by atoms with van der Waals surface area (Å²) >= 11 is 0. The van der Waals surface area contributed by atoms with E-state index in [2.05, 4.69) is 10.4 Å². The molecular formula is C23H25N3O4. The first-order chi connectivity index (χ1) is 14.5. The van der Waals surface area contributed by atoms with Crippen LogP contribution in [0.1, 0.15) is 29.9 Å². The lowest BCUT2D eigenvalue weighted by Gasteiger charge is -2.12. The smallest absolute Gasteiger partial charge is 0.359 e. The molecule has 30 heavy (non-hydrogen) atoms. The van der Waals surface area contributed by atoms with Gasteiger partial charge in [-0.15, -0.1) is 0 Å². The van der Waals surface area contributed by atoms with Crippen LogP contribution in [0.4, 0.5) is 0 Å². The number of aromatic nitrogens is 2. The van der Waals surface area contributed by atoms with Crippen molar-refractivity contribution in [2.24, 2.45) is 5.92 Å².